The van der Waals surface area contributed by atoms with Gasteiger partial charge in [-0.05, 0) is 109 Å². The zero-order chi connectivity index (χ0) is 55.5. The van der Waals surface area contributed by atoms with Gasteiger partial charge in [0, 0.05) is 136 Å². The second kappa shape index (κ2) is 28.2. The molecule has 77 heavy (non-hydrogen) atoms. The van der Waals surface area contributed by atoms with Crippen molar-refractivity contribution < 1.29 is 35.9 Å². The van der Waals surface area contributed by atoms with E-state index in [2.05, 4.69) is 89.9 Å². The highest BCUT2D eigenvalue weighted by Gasteiger charge is 2.35. The molecule has 0 spiro atoms. The Balaban J connectivity index is 0.000000209. The van der Waals surface area contributed by atoms with Crippen LogP contribution in [-0.4, -0.2) is 100 Å². The smallest absolute Gasteiger partial charge is 0.369 e. The van der Waals surface area contributed by atoms with Crippen molar-refractivity contribution in [3.63, 3.8) is 0 Å². The van der Waals surface area contributed by atoms with Gasteiger partial charge in [0.15, 0.2) is 0 Å². The lowest BCUT2D eigenvalue weighted by atomic mass is 10.0. The standard InChI is InChI=1S/C30H31F3N4O.C18H13ClF3NO.C12H19N3/c1-3-23-19-24(10-9-22(23)2)29(38)35-26-12-11-25(28(20-26)30(31,32)33)21-34-13-14-36-15-17-37(18-16-36)27-7-5-4-6-8-27;1-3-12-8-13(5-4-11(12)2)17(24)23-15-7-6-14(10-19)16(9-15)18(20,21)22;13-6-7-14-8-10-15(11-9-14)12-4-2-1-3-5-12/h1,4-12,19-20,34H,13-18,21H2,2H3,(H,35,38);1,4-9H,10H2,2H3,(H,23,24);1-5H,6-11,13H2. The molecule has 8 rings (SSSR count). The van der Waals surface area contributed by atoms with Crippen molar-refractivity contribution in [2.75, 3.05) is 99.0 Å². The number of carbonyl (C=O) groups is 2. The number of anilines is 4. The van der Waals surface area contributed by atoms with E-state index in [4.69, 9.17) is 30.2 Å². The minimum Gasteiger partial charge on any atom is -0.369 e. The second-order valence-electron chi connectivity index (χ2n) is 18.4. The van der Waals surface area contributed by atoms with Gasteiger partial charge in [-0.3, -0.25) is 19.4 Å². The van der Waals surface area contributed by atoms with E-state index in [1.807, 2.05) is 25.1 Å². The number of alkyl halides is 7. The lowest BCUT2D eigenvalue weighted by Crippen LogP contribution is -2.48. The molecular weight excluding hydrogens is 1010 g/mol. The summed E-state index contributed by atoms with van der Waals surface area (Å²) in [4.78, 5) is 34.4. The van der Waals surface area contributed by atoms with Crippen molar-refractivity contribution in [2.24, 2.45) is 5.73 Å². The number of terminal acetylenes is 2. The quantitative estimate of drug-likeness (QED) is 0.0370. The van der Waals surface area contributed by atoms with Crippen LogP contribution in [0, 0.1) is 38.5 Å². The number of nitrogens with one attached hydrogen (secondary N) is 3. The van der Waals surface area contributed by atoms with Gasteiger partial charge in [0.05, 0.1) is 11.1 Å². The Labute approximate surface area is 452 Å². The monoisotopic (exact) mass is 1080 g/mol. The first-order valence-electron chi connectivity index (χ1n) is 25.1. The molecule has 0 aromatic heterocycles. The van der Waals surface area contributed by atoms with Crippen LogP contribution in [0.5, 0.6) is 0 Å². The van der Waals surface area contributed by atoms with E-state index in [9.17, 15) is 35.9 Å². The topological polar surface area (TPSA) is 109 Å². The molecule has 404 valence electrons. The summed E-state index contributed by atoms with van der Waals surface area (Å²) in [5.41, 5.74) is 9.99. The fourth-order valence-electron chi connectivity index (χ4n) is 8.73. The van der Waals surface area contributed by atoms with E-state index in [0.29, 0.717) is 17.7 Å². The summed E-state index contributed by atoms with van der Waals surface area (Å²) in [6, 6.07) is 37.9. The van der Waals surface area contributed by atoms with Crippen molar-refractivity contribution in [1.29, 1.82) is 0 Å². The van der Waals surface area contributed by atoms with Gasteiger partial charge >= 0.3 is 12.4 Å². The van der Waals surface area contributed by atoms with Crippen LogP contribution in [0.3, 0.4) is 0 Å². The summed E-state index contributed by atoms with van der Waals surface area (Å²) in [5.74, 6) is 3.62. The predicted molar refractivity (Wildman–Crippen MR) is 298 cm³/mol. The minimum atomic E-state index is -4.55. The molecule has 5 N–H and O–H groups in total. The van der Waals surface area contributed by atoms with E-state index >= 15 is 0 Å². The van der Waals surface area contributed by atoms with Crippen LogP contribution in [0.25, 0.3) is 0 Å². The number of nitrogens with two attached hydrogens (primary N) is 1. The summed E-state index contributed by atoms with van der Waals surface area (Å²) in [6.45, 7) is 15.0. The number of carbonyl (C=O) groups excluding carboxylic acids is 2. The Morgan fingerprint density at radius 1 is 0.571 bits per heavy atom. The maximum atomic E-state index is 13.8. The molecule has 2 heterocycles. The fourth-order valence-corrected chi connectivity index (χ4v) is 8.96. The van der Waals surface area contributed by atoms with Crippen LogP contribution < -0.4 is 31.5 Å². The van der Waals surface area contributed by atoms with Crippen LogP contribution in [0.2, 0.25) is 0 Å². The molecule has 0 aliphatic carbocycles. The van der Waals surface area contributed by atoms with E-state index in [1.165, 1.54) is 41.7 Å². The highest BCUT2D eigenvalue weighted by Crippen LogP contribution is 2.36. The van der Waals surface area contributed by atoms with Gasteiger partial charge < -0.3 is 31.5 Å². The first-order chi connectivity index (χ1) is 36.9. The molecule has 2 fully saturated rings. The highest BCUT2D eigenvalue weighted by molar-refractivity contribution is 6.17. The Bertz CT molecular complexity index is 2980. The number of nitrogens with zero attached hydrogens (tertiary/aromatic N) is 4. The van der Waals surface area contributed by atoms with Crippen LogP contribution in [0.1, 0.15) is 65.2 Å². The molecule has 0 unspecified atom stereocenters. The van der Waals surface area contributed by atoms with Crippen molar-refractivity contribution in [2.45, 2.75) is 38.6 Å². The lowest BCUT2D eigenvalue weighted by molar-refractivity contribution is -0.139. The third kappa shape index (κ3) is 17.4. The highest BCUT2D eigenvalue weighted by atomic mass is 35.5. The van der Waals surface area contributed by atoms with Crippen molar-refractivity contribution in [1.82, 2.24) is 15.1 Å². The summed E-state index contributed by atoms with van der Waals surface area (Å²) in [7, 11) is 0. The molecule has 2 aliphatic rings. The number of hydrogen-bond acceptors (Lipinski definition) is 8. The zero-order valence-electron chi connectivity index (χ0n) is 43.1. The van der Waals surface area contributed by atoms with Crippen molar-refractivity contribution in [3.05, 3.63) is 189 Å². The molecule has 2 saturated heterocycles. The number of rotatable bonds is 14. The molecule has 17 heteroatoms. The second-order valence-corrected chi connectivity index (χ2v) is 18.7. The number of benzene rings is 6. The molecular formula is C60H63ClF6N8O2. The lowest BCUT2D eigenvalue weighted by Gasteiger charge is -2.36. The summed E-state index contributed by atoms with van der Waals surface area (Å²) in [5, 5.41) is 8.14. The first-order valence-corrected chi connectivity index (χ1v) is 25.6. The fraction of sp³-hybridized carbons (Fsp3) is 0.300. The minimum absolute atomic E-state index is 0.0315. The van der Waals surface area contributed by atoms with Gasteiger partial charge in [0.2, 0.25) is 0 Å². The van der Waals surface area contributed by atoms with Crippen molar-refractivity contribution in [3.8, 4) is 24.7 Å². The molecule has 0 bridgehead atoms. The van der Waals surface area contributed by atoms with Crippen LogP contribution >= 0.6 is 11.6 Å². The van der Waals surface area contributed by atoms with Crippen LogP contribution in [0.15, 0.2) is 133 Å². The first kappa shape index (κ1) is 58.9. The van der Waals surface area contributed by atoms with E-state index in [-0.39, 0.29) is 46.1 Å². The van der Waals surface area contributed by atoms with Crippen LogP contribution in [-0.2, 0) is 24.8 Å². The van der Waals surface area contributed by atoms with E-state index < -0.39 is 35.3 Å². The van der Waals surface area contributed by atoms with Gasteiger partial charge in [-0.25, -0.2) is 0 Å². The Morgan fingerprint density at radius 3 is 1.39 bits per heavy atom. The van der Waals surface area contributed by atoms with E-state index in [1.54, 1.807) is 37.3 Å². The molecule has 0 saturated carbocycles. The number of aryl methyl sites for hydroxylation is 2. The molecule has 0 atom stereocenters. The predicted octanol–water partition coefficient (Wildman–Crippen LogP) is 10.9. The SMILES string of the molecule is C#Cc1cc(C(=O)Nc2ccc(CCl)c(C(F)(F)F)c2)ccc1C.C#Cc1cc(C(=O)Nc2ccc(CNCCN3CCN(c4ccccc4)CC3)c(C(F)(F)F)c2)ccc1C.NCCN1CCN(c2ccccc2)CC1. The Hall–Kier alpha value is -7.31. The normalized spacial score (nSPS) is 14.0. The molecule has 6 aromatic rings. The van der Waals surface area contributed by atoms with Gasteiger partial charge in [0.25, 0.3) is 11.8 Å². The average Bonchev–Trinajstić information content (AvgIpc) is 3.43. The summed E-state index contributed by atoms with van der Waals surface area (Å²) >= 11 is 5.53. The maximum absolute atomic E-state index is 13.8. The zero-order valence-corrected chi connectivity index (χ0v) is 43.8. The molecule has 2 amide bonds. The number of amides is 2. The Kier molecular flexibility index (Phi) is 21.6. The number of hydrogen-bond donors (Lipinski definition) is 4. The van der Waals surface area contributed by atoms with Gasteiger partial charge in [-0.2, -0.15) is 26.3 Å². The molecule has 0 radical (unpaired) electrons. The number of piperazine rings is 2. The third-order valence-electron chi connectivity index (χ3n) is 13.2. The van der Waals surface area contributed by atoms with Gasteiger partial charge in [-0.15, -0.1) is 24.4 Å². The third-order valence-corrected chi connectivity index (χ3v) is 13.4. The number of halogens is 7. The molecule has 2 aliphatic heterocycles. The summed E-state index contributed by atoms with van der Waals surface area (Å²) in [6.07, 6.45) is 1.71. The number of para-hydroxylation sites is 2. The molecule has 10 nitrogen and oxygen atoms in total. The van der Waals surface area contributed by atoms with Gasteiger partial charge in [-0.1, -0.05) is 72.5 Å². The van der Waals surface area contributed by atoms with E-state index in [0.717, 1.165) is 95.3 Å². The van der Waals surface area contributed by atoms with Crippen molar-refractivity contribution >= 4 is 46.2 Å². The van der Waals surface area contributed by atoms with Crippen LogP contribution in [0.4, 0.5) is 49.1 Å². The maximum Gasteiger partial charge on any atom is 0.416 e. The Morgan fingerprint density at radius 2 is 0.987 bits per heavy atom. The van der Waals surface area contributed by atoms with Gasteiger partial charge in [0.1, 0.15) is 0 Å². The summed E-state index contributed by atoms with van der Waals surface area (Å²) < 4.78 is 80.6. The molecule has 6 aromatic carbocycles. The largest absolute Gasteiger partial charge is 0.416 e. The average molecular weight is 1080 g/mol.